The van der Waals surface area contributed by atoms with Crippen molar-refractivity contribution in [3.63, 3.8) is 0 Å². The molecule has 2 N–H and O–H groups in total. The van der Waals surface area contributed by atoms with Gasteiger partial charge in [0, 0.05) is 18.7 Å². The van der Waals surface area contributed by atoms with Crippen LogP contribution in [0.2, 0.25) is 0 Å². The number of hydrogen-bond donors (Lipinski definition) is 2. The van der Waals surface area contributed by atoms with Crippen LogP contribution in [0.3, 0.4) is 0 Å². The highest BCUT2D eigenvalue weighted by Gasteiger charge is 2.15. The third-order valence-electron chi connectivity index (χ3n) is 5.43. The standard InChI is InChI=1S/C27H38N2O2/c1-19(2)18-21-9-11-22(12-10-21)20(3)26(31)28-17-7-8-25(30)29-24-15-13-23(14-16-24)27(4,5)6/h9-16,19-20H,7-8,17-18H2,1-6H3,(H,28,31)(H,29,30). The van der Waals surface area contributed by atoms with Crippen molar-refractivity contribution in [1.29, 1.82) is 0 Å². The van der Waals surface area contributed by atoms with E-state index in [0.717, 1.165) is 17.7 Å². The summed E-state index contributed by atoms with van der Waals surface area (Å²) >= 11 is 0. The molecule has 0 aliphatic rings. The van der Waals surface area contributed by atoms with Crippen LogP contribution in [0.5, 0.6) is 0 Å². The second kappa shape index (κ2) is 11.1. The topological polar surface area (TPSA) is 58.2 Å². The molecule has 4 nitrogen and oxygen atoms in total. The summed E-state index contributed by atoms with van der Waals surface area (Å²) in [6, 6.07) is 16.3. The van der Waals surface area contributed by atoms with E-state index < -0.39 is 0 Å². The van der Waals surface area contributed by atoms with Gasteiger partial charge in [0.1, 0.15) is 0 Å². The number of benzene rings is 2. The fraction of sp³-hybridized carbons (Fsp3) is 0.481. The molecule has 4 heteroatoms. The minimum atomic E-state index is -0.205. The lowest BCUT2D eigenvalue weighted by Gasteiger charge is -2.19. The van der Waals surface area contributed by atoms with Crippen LogP contribution in [0.25, 0.3) is 0 Å². The smallest absolute Gasteiger partial charge is 0.227 e. The van der Waals surface area contributed by atoms with Crippen LogP contribution in [0, 0.1) is 5.92 Å². The van der Waals surface area contributed by atoms with Crippen molar-refractivity contribution in [3.8, 4) is 0 Å². The summed E-state index contributed by atoms with van der Waals surface area (Å²) in [7, 11) is 0. The Morgan fingerprint density at radius 1 is 0.903 bits per heavy atom. The van der Waals surface area contributed by atoms with E-state index in [0.29, 0.717) is 25.3 Å². The number of amides is 2. The molecule has 0 aromatic heterocycles. The van der Waals surface area contributed by atoms with Crippen molar-refractivity contribution < 1.29 is 9.59 Å². The molecule has 2 aromatic rings. The highest BCUT2D eigenvalue weighted by Crippen LogP contribution is 2.23. The fourth-order valence-electron chi connectivity index (χ4n) is 3.46. The van der Waals surface area contributed by atoms with Crippen molar-refractivity contribution in [3.05, 3.63) is 65.2 Å². The minimum Gasteiger partial charge on any atom is -0.356 e. The van der Waals surface area contributed by atoms with Gasteiger partial charge in [0.2, 0.25) is 11.8 Å². The lowest BCUT2D eigenvalue weighted by atomic mass is 9.87. The molecule has 0 aliphatic heterocycles. The molecule has 31 heavy (non-hydrogen) atoms. The SMILES string of the molecule is CC(C)Cc1ccc(C(C)C(=O)NCCCC(=O)Nc2ccc(C(C)(C)C)cc2)cc1. The van der Waals surface area contributed by atoms with Crippen LogP contribution in [0.15, 0.2) is 48.5 Å². The zero-order chi connectivity index (χ0) is 23.0. The van der Waals surface area contributed by atoms with Crippen molar-refractivity contribution >= 4 is 17.5 Å². The molecule has 1 atom stereocenters. The molecular weight excluding hydrogens is 384 g/mol. The van der Waals surface area contributed by atoms with Crippen LogP contribution in [0.4, 0.5) is 5.69 Å². The maximum atomic E-state index is 12.4. The molecule has 2 aromatic carbocycles. The first-order valence-corrected chi connectivity index (χ1v) is 11.3. The zero-order valence-electron chi connectivity index (χ0n) is 19.9. The Morgan fingerprint density at radius 2 is 1.52 bits per heavy atom. The molecule has 0 bridgehead atoms. The number of rotatable bonds is 9. The number of nitrogens with one attached hydrogen (secondary N) is 2. The van der Waals surface area contributed by atoms with Crippen LogP contribution >= 0.6 is 0 Å². The third-order valence-corrected chi connectivity index (χ3v) is 5.43. The molecule has 0 spiro atoms. The zero-order valence-corrected chi connectivity index (χ0v) is 19.9. The largest absolute Gasteiger partial charge is 0.356 e. The summed E-state index contributed by atoms with van der Waals surface area (Å²) in [5, 5.41) is 5.88. The first kappa shape index (κ1) is 24.6. The van der Waals surface area contributed by atoms with Gasteiger partial charge in [-0.3, -0.25) is 9.59 Å². The van der Waals surface area contributed by atoms with E-state index in [1.807, 2.05) is 43.3 Å². The van der Waals surface area contributed by atoms with Gasteiger partial charge >= 0.3 is 0 Å². The van der Waals surface area contributed by atoms with Gasteiger partial charge in [-0.2, -0.15) is 0 Å². The van der Waals surface area contributed by atoms with E-state index in [4.69, 9.17) is 0 Å². The van der Waals surface area contributed by atoms with Gasteiger partial charge in [-0.15, -0.1) is 0 Å². The van der Waals surface area contributed by atoms with Gasteiger partial charge in [-0.1, -0.05) is 71.0 Å². The van der Waals surface area contributed by atoms with Crippen LogP contribution < -0.4 is 10.6 Å². The molecule has 2 rings (SSSR count). The average molecular weight is 423 g/mol. The molecule has 1 unspecified atom stereocenters. The maximum Gasteiger partial charge on any atom is 0.227 e. The second-order valence-corrected chi connectivity index (χ2v) is 9.83. The number of hydrogen-bond acceptors (Lipinski definition) is 2. The number of carbonyl (C=O) groups excluding carboxylic acids is 2. The van der Waals surface area contributed by atoms with E-state index in [2.05, 4.69) is 57.4 Å². The van der Waals surface area contributed by atoms with E-state index in [1.165, 1.54) is 11.1 Å². The van der Waals surface area contributed by atoms with E-state index in [-0.39, 0.29) is 23.1 Å². The Balaban J connectivity index is 1.72. The fourth-order valence-corrected chi connectivity index (χ4v) is 3.46. The monoisotopic (exact) mass is 422 g/mol. The summed E-state index contributed by atoms with van der Waals surface area (Å²) in [5.41, 5.74) is 4.44. The molecule has 0 aliphatic carbocycles. The number of anilines is 1. The number of carbonyl (C=O) groups is 2. The van der Waals surface area contributed by atoms with Gasteiger partial charge in [-0.25, -0.2) is 0 Å². The predicted octanol–water partition coefficient (Wildman–Crippen LogP) is 5.82. The van der Waals surface area contributed by atoms with Crippen LogP contribution in [0.1, 0.15) is 77.0 Å². The van der Waals surface area contributed by atoms with Crippen molar-refractivity contribution in [2.75, 3.05) is 11.9 Å². The average Bonchev–Trinajstić information content (AvgIpc) is 2.70. The molecule has 0 radical (unpaired) electrons. The van der Waals surface area contributed by atoms with Crippen molar-refractivity contribution in [1.82, 2.24) is 5.32 Å². The van der Waals surface area contributed by atoms with E-state index in [1.54, 1.807) is 0 Å². The molecule has 2 amide bonds. The summed E-state index contributed by atoms with van der Waals surface area (Å²) in [4.78, 5) is 24.6. The van der Waals surface area contributed by atoms with Crippen LogP contribution in [-0.4, -0.2) is 18.4 Å². The first-order chi connectivity index (χ1) is 14.6. The van der Waals surface area contributed by atoms with Crippen molar-refractivity contribution in [2.45, 2.75) is 72.1 Å². The molecular formula is C27H38N2O2. The third kappa shape index (κ3) is 8.20. The van der Waals surface area contributed by atoms with Gasteiger partial charge in [-0.05, 0) is 59.9 Å². The first-order valence-electron chi connectivity index (χ1n) is 11.3. The molecule has 168 valence electrons. The van der Waals surface area contributed by atoms with Crippen LogP contribution in [-0.2, 0) is 21.4 Å². The molecule has 0 saturated heterocycles. The Morgan fingerprint density at radius 3 is 2.06 bits per heavy atom. The normalized spacial score (nSPS) is 12.5. The highest BCUT2D eigenvalue weighted by atomic mass is 16.2. The van der Waals surface area contributed by atoms with Gasteiger partial charge < -0.3 is 10.6 Å². The molecule has 0 saturated carbocycles. The van der Waals surface area contributed by atoms with Gasteiger partial charge in [0.25, 0.3) is 0 Å². The quantitative estimate of drug-likeness (QED) is 0.500. The second-order valence-electron chi connectivity index (χ2n) is 9.83. The van der Waals surface area contributed by atoms with E-state index >= 15 is 0 Å². The summed E-state index contributed by atoms with van der Waals surface area (Å²) in [6.07, 6.45) is 2.03. The molecule has 0 fully saturated rings. The Hall–Kier alpha value is -2.62. The Labute approximate surface area is 187 Å². The predicted molar refractivity (Wildman–Crippen MR) is 129 cm³/mol. The van der Waals surface area contributed by atoms with E-state index in [9.17, 15) is 9.59 Å². The van der Waals surface area contributed by atoms with Crippen molar-refractivity contribution in [2.24, 2.45) is 5.92 Å². The lowest BCUT2D eigenvalue weighted by molar-refractivity contribution is -0.122. The van der Waals surface area contributed by atoms with Gasteiger partial charge in [0.05, 0.1) is 5.92 Å². The Kier molecular flexibility index (Phi) is 8.85. The minimum absolute atomic E-state index is 0.00483. The summed E-state index contributed by atoms with van der Waals surface area (Å²) < 4.78 is 0. The lowest BCUT2D eigenvalue weighted by Crippen LogP contribution is -2.29. The highest BCUT2D eigenvalue weighted by molar-refractivity contribution is 5.90. The Bertz CT molecular complexity index is 846. The maximum absolute atomic E-state index is 12.4. The molecule has 0 heterocycles. The summed E-state index contributed by atoms with van der Waals surface area (Å²) in [5.74, 6) is 0.371. The van der Waals surface area contributed by atoms with Gasteiger partial charge in [0.15, 0.2) is 0 Å². The summed E-state index contributed by atoms with van der Waals surface area (Å²) in [6.45, 7) is 13.3.